The molecule has 0 radical (unpaired) electrons. The summed E-state index contributed by atoms with van der Waals surface area (Å²) in [6.45, 7) is 4.94. The van der Waals surface area contributed by atoms with E-state index in [0.717, 1.165) is 32.5 Å². The first-order chi connectivity index (χ1) is 14.2. The maximum absolute atomic E-state index is 9.35. The van der Waals surface area contributed by atoms with Gasteiger partial charge in [0.2, 0.25) is 0 Å². The highest BCUT2D eigenvalue weighted by molar-refractivity contribution is 7.98. The number of likely N-dealkylation sites (N-methyl/N-ethyl adjacent to an activating group) is 1. The molecule has 0 amide bonds. The molecule has 1 aromatic carbocycles. The summed E-state index contributed by atoms with van der Waals surface area (Å²) >= 11 is 1.79. The number of aliphatic hydroxyl groups is 1. The van der Waals surface area contributed by atoms with Crippen molar-refractivity contribution in [2.24, 2.45) is 11.8 Å². The van der Waals surface area contributed by atoms with Gasteiger partial charge in [0.05, 0.1) is 18.8 Å². The molecule has 2 heterocycles. The highest BCUT2D eigenvalue weighted by Gasteiger charge is 2.44. The fraction of sp³-hybridized carbons (Fsp3) is 0.583. The fourth-order valence-corrected chi connectivity index (χ4v) is 5.58. The van der Waals surface area contributed by atoms with Gasteiger partial charge in [-0.1, -0.05) is 31.2 Å². The molecular weight excluding hydrogens is 380 g/mol. The van der Waals surface area contributed by atoms with Gasteiger partial charge in [-0.2, -0.15) is 0 Å². The SMILES string of the molecule is CCN(CCO)C[C@H]1CC[C@@H]2[C@H](O1)c1cc(SC)ccc1N[C@H]2C1C=CC=CC1. The number of benzene rings is 1. The Balaban J connectivity index is 1.59. The number of thioether (sulfide) groups is 1. The summed E-state index contributed by atoms with van der Waals surface area (Å²) < 4.78 is 6.80. The zero-order valence-corrected chi connectivity index (χ0v) is 18.4. The highest BCUT2D eigenvalue weighted by Crippen LogP contribution is 2.48. The molecule has 1 aromatic rings. The molecule has 2 N–H and O–H groups in total. The summed E-state index contributed by atoms with van der Waals surface area (Å²) in [5, 5.41) is 13.2. The second kappa shape index (κ2) is 9.69. The van der Waals surface area contributed by atoms with Crippen molar-refractivity contribution in [3.63, 3.8) is 0 Å². The van der Waals surface area contributed by atoms with Gasteiger partial charge in [0.25, 0.3) is 0 Å². The Morgan fingerprint density at radius 2 is 2.17 bits per heavy atom. The van der Waals surface area contributed by atoms with E-state index in [1.54, 1.807) is 11.8 Å². The molecule has 0 spiro atoms. The normalized spacial score (nSPS) is 30.7. The van der Waals surface area contributed by atoms with Crippen LogP contribution < -0.4 is 5.32 Å². The molecule has 5 atom stereocenters. The van der Waals surface area contributed by atoms with Crippen molar-refractivity contribution in [2.45, 2.75) is 49.3 Å². The molecule has 4 nitrogen and oxygen atoms in total. The summed E-state index contributed by atoms with van der Waals surface area (Å²) in [5.41, 5.74) is 2.56. The summed E-state index contributed by atoms with van der Waals surface area (Å²) in [6.07, 6.45) is 14.9. The summed E-state index contributed by atoms with van der Waals surface area (Å²) in [6, 6.07) is 7.19. The predicted octanol–water partition coefficient (Wildman–Crippen LogP) is 4.49. The molecule has 0 saturated carbocycles. The molecule has 0 aromatic heterocycles. The monoisotopic (exact) mass is 414 g/mol. The summed E-state index contributed by atoms with van der Waals surface area (Å²) in [4.78, 5) is 3.60. The van der Waals surface area contributed by atoms with Crippen molar-refractivity contribution in [2.75, 3.05) is 37.8 Å². The molecular formula is C24H34N2O2S. The molecule has 2 aliphatic heterocycles. The Morgan fingerprint density at radius 1 is 1.28 bits per heavy atom. The van der Waals surface area contributed by atoms with Crippen molar-refractivity contribution < 1.29 is 9.84 Å². The van der Waals surface area contributed by atoms with Crippen LogP contribution in [0.4, 0.5) is 5.69 Å². The number of nitrogens with zero attached hydrogens (tertiary/aromatic N) is 1. The maximum Gasteiger partial charge on any atom is 0.0897 e. The van der Waals surface area contributed by atoms with Gasteiger partial charge in [0.1, 0.15) is 0 Å². The van der Waals surface area contributed by atoms with Crippen LogP contribution in [0.15, 0.2) is 47.4 Å². The van der Waals surface area contributed by atoms with Crippen molar-refractivity contribution in [1.82, 2.24) is 4.90 Å². The van der Waals surface area contributed by atoms with E-state index in [-0.39, 0.29) is 18.8 Å². The van der Waals surface area contributed by atoms with Gasteiger partial charge >= 0.3 is 0 Å². The molecule has 1 aliphatic carbocycles. The quantitative estimate of drug-likeness (QED) is 0.644. The van der Waals surface area contributed by atoms with Crippen LogP contribution >= 0.6 is 11.8 Å². The van der Waals surface area contributed by atoms with E-state index in [2.05, 4.69) is 65.9 Å². The van der Waals surface area contributed by atoms with Crippen molar-refractivity contribution in [1.29, 1.82) is 0 Å². The lowest BCUT2D eigenvalue weighted by Crippen LogP contribution is -2.48. The number of hydrogen-bond donors (Lipinski definition) is 2. The molecule has 158 valence electrons. The van der Waals surface area contributed by atoms with E-state index in [1.807, 2.05) is 0 Å². The molecule has 1 fully saturated rings. The van der Waals surface area contributed by atoms with Gasteiger partial charge in [-0.05, 0) is 50.3 Å². The van der Waals surface area contributed by atoms with E-state index in [0.29, 0.717) is 17.9 Å². The third kappa shape index (κ3) is 4.58. The van der Waals surface area contributed by atoms with E-state index >= 15 is 0 Å². The van der Waals surface area contributed by atoms with Gasteiger partial charge in [0.15, 0.2) is 0 Å². The standard InChI is InChI=1S/C24H34N2O2S/c1-3-26(13-14-27)16-18-9-11-20-23(17-7-5-4-6-8-17)25-22-12-10-19(29-2)15-21(22)24(20)28-18/h4-7,10,12,15,17-18,20,23-25,27H,3,8-9,11,13-14,16H2,1-2H3/t17?,18-,20+,23+,24+/m1/s1. The summed E-state index contributed by atoms with van der Waals surface area (Å²) in [5.74, 6) is 1.01. The lowest BCUT2D eigenvalue weighted by Gasteiger charge is -2.48. The smallest absolute Gasteiger partial charge is 0.0897 e. The Hall–Kier alpha value is -1.27. The zero-order chi connectivity index (χ0) is 20.2. The van der Waals surface area contributed by atoms with E-state index in [1.165, 1.54) is 22.6 Å². The van der Waals surface area contributed by atoms with Crippen molar-refractivity contribution >= 4 is 17.4 Å². The van der Waals surface area contributed by atoms with Crippen LogP contribution in [-0.4, -0.2) is 54.6 Å². The Morgan fingerprint density at radius 3 is 2.90 bits per heavy atom. The number of nitrogens with one attached hydrogen (secondary N) is 1. The van der Waals surface area contributed by atoms with Gasteiger partial charge in [-0.3, -0.25) is 4.90 Å². The van der Waals surface area contributed by atoms with Crippen LogP contribution in [0.2, 0.25) is 0 Å². The minimum Gasteiger partial charge on any atom is -0.395 e. The van der Waals surface area contributed by atoms with Crippen LogP contribution in [0.1, 0.15) is 37.9 Å². The zero-order valence-electron chi connectivity index (χ0n) is 17.6. The number of rotatable bonds is 7. The predicted molar refractivity (Wildman–Crippen MR) is 122 cm³/mol. The van der Waals surface area contributed by atoms with E-state index in [4.69, 9.17) is 4.74 Å². The molecule has 29 heavy (non-hydrogen) atoms. The largest absolute Gasteiger partial charge is 0.395 e. The Bertz CT molecular complexity index is 750. The third-order valence-electron chi connectivity index (χ3n) is 6.70. The van der Waals surface area contributed by atoms with Gasteiger partial charge in [0, 0.05) is 47.1 Å². The van der Waals surface area contributed by atoms with Crippen LogP contribution in [0.3, 0.4) is 0 Å². The fourth-order valence-electron chi connectivity index (χ4n) is 5.13. The summed E-state index contributed by atoms with van der Waals surface area (Å²) in [7, 11) is 0. The first-order valence-electron chi connectivity index (χ1n) is 11.0. The van der Waals surface area contributed by atoms with E-state index in [9.17, 15) is 5.11 Å². The molecule has 4 rings (SSSR count). The molecule has 5 heteroatoms. The number of hydrogen-bond acceptors (Lipinski definition) is 5. The van der Waals surface area contributed by atoms with Gasteiger partial charge < -0.3 is 15.2 Å². The Labute approximate surface area is 179 Å². The molecule has 0 bridgehead atoms. The number of ether oxygens (including phenoxy) is 1. The topological polar surface area (TPSA) is 44.7 Å². The Kier molecular flexibility index (Phi) is 7.01. The lowest BCUT2D eigenvalue weighted by molar-refractivity contribution is -0.105. The van der Waals surface area contributed by atoms with Gasteiger partial charge in [-0.15, -0.1) is 11.8 Å². The number of allylic oxidation sites excluding steroid dienone is 3. The number of fused-ring (bicyclic) bond motifs is 3. The van der Waals surface area contributed by atoms with Crippen molar-refractivity contribution in [3.8, 4) is 0 Å². The molecule has 1 unspecified atom stereocenters. The van der Waals surface area contributed by atoms with E-state index < -0.39 is 0 Å². The van der Waals surface area contributed by atoms with Crippen LogP contribution in [0, 0.1) is 11.8 Å². The average Bonchev–Trinajstić information content (AvgIpc) is 2.78. The lowest BCUT2D eigenvalue weighted by atomic mass is 9.73. The number of anilines is 1. The first-order valence-corrected chi connectivity index (χ1v) is 12.2. The minimum atomic E-state index is 0.147. The second-order valence-corrected chi connectivity index (χ2v) is 9.25. The van der Waals surface area contributed by atoms with Crippen molar-refractivity contribution in [3.05, 3.63) is 48.1 Å². The average molecular weight is 415 g/mol. The minimum absolute atomic E-state index is 0.147. The van der Waals surface area contributed by atoms with Crippen LogP contribution in [-0.2, 0) is 4.74 Å². The van der Waals surface area contributed by atoms with Crippen LogP contribution in [0.25, 0.3) is 0 Å². The van der Waals surface area contributed by atoms with Crippen LogP contribution in [0.5, 0.6) is 0 Å². The number of aliphatic hydroxyl groups excluding tert-OH is 1. The van der Waals surface area contributed by atoms with Gasteiger partial charge in [-0.25, -0.2) is 0 Å². The first kappa shape index (κ1) is 21.0. The highest BCUT2D eigenvalue weighted by atomic mass is 32.2. The molecule has 1 saturated heterocycles. The second-order valence-electron chi connectivity index (χ2n) is 8.37. The molecule has 3 aliphatic rings. The maximum atomic E-state index is 9.35. The third-order valence-corrected chi connectivity index (χ3v) is 7.42.